The Kier molecular flexibility index (Phi) is 9.20. The van der Waals surface area contributed by atoms with Crippen molar-refractivity contribution >= 4 is 52.3 Å². The Labute approximate surface area is 261 Å². The van der Waals surface area contributed by atoms with Crippen molar-refractivity contribution in [1.29, 1.82) is 0 Å². The van der Waals surface area contributed by atoms with Gasteiger partial charge in [0, 0.05) is 31.0 Å². The Bertz CT molecular complexity index is 1390. The Morgan fingerprint density at radius 2 is 1.77 bits per heavy atom. The second-order valence-corrected chi connectivity index (χ2v) is 12.7. The van der Waals surface area contributed by atoms with E-state index in [2.05, 4.69) is 27.7 Å². The van der Waals surface area contributed by atoms with Crippen molar-refractivity contribution in [3.8, 4) is 0 Å². The molecule has 9 nitrogen and oxygen atoms in total. The predicted octanol–water partition coefficient (Wildman–Crippen LogP) is 4.28. The van der Waals surface area contributed by atoms with Crippen LogP contribution in [0.25, 0.3) is 0 Å². The van der Waals surface area contributed by atoms with Gasteiger partial charge in [0.05, 0.1) is 38.6 Å². The lowest BCUT2D eigenvalue weighted by Gasteiger charge is -2.45. The van der Waals surface area contributed by atoms with E-state index in [0.717, 1.165) is 35.8 Å². The number of hydrogen-bond donors (Lipinski definition) is 2. The first-order chi connectivity index (χ1) is 21.0. The van der Waals surface area contributed by atoms with Gasteiger partial charge in [0.25, 0.3) is 0 Å². The van der Waals surface area contributed by atoms with E-state index in [4.69, 9.17) is 21.4 Å². The number of nitrogens with zero attached hydrogens (tertiary/aromatic N) is 3. The van der Waals surface area contributed by atoms with Crippen LogP contribution in [0.3, 0.4) is 0 Å². The number of thioether (sulfide) groups is 1. The fourth-order valence-electron chi connectivity index (χ4n) is 6.04. The summed E-state index contributed by atoms with van der Waals surface area (Å²) in [6.07, 6.45) is 2.70. The van der Waals surface area contributed by atoms with Gasteiger partial charge < -0.3 is 34.5 Å². The minimum absolute atomic E-state index is 0.00352. The summed E-state index contributed by atoms with van der Waals surface area (Å²) in [6.45, 7) is 3.97. The van der Waals surface area contributed by atoms with Gasteiger partial charge in [0.15, 0.2) is 5.11 Å². The van der Waals surface area contributed by atoms with E-state index >= 15 is 0 Å². The number of thiocarbonyl (C=S) groups is 1. The number of morpholine rings is 1. The fraction of sp³-hybridized carbons (Fsp3) is 0.406. The van der Waals surface area contributed by atoms with E-state index in [1.54, 1.807) is 17.2 Å². The van der Waals surface area contributed by atoms with Crippen LogP contribution in [0.2, 0.25) is 0 Å². The zero-order valence-electron chi connectivity index (χ0n) is 24.1. The van der Waals surface area contributed by atoms with Crippen LogP contribution in [-0.4, -0.2) is 83.2 Å². The lowest BCUT2D eigenvalue weighted by Crippen LogP contribution is -2.61. The first kappa shape index (κ1) is 29.5. The van der Waals surface area contributed by atoms with Crippen LogP contribution in [0.5, 0.6) is 0 Å². The number of carbonyl (C=O) groups excluding carboxylic acids is 2. The number of furan rings is 1. The molecule has 3 aliphatic heterocycles. The van der Waals surface area contributed by atoms with E-state index < -0.39 is 5.54 Å². The highest BCUT2D eigenvalue weighted by atomic mass is 32.2. The standard InChI is InChI=1S/C32H37N5O4S2/c38-29(23-36-22-28(34-31(36)42)24-5-2-1-3-6-24)37(21-27-7-4-16-41-27)32(12-19-43-20-13-32)30(39)33-25-8-10-26(11-9-25)35-14-17-40-18-15-35/h1-11,16,28H,12-15,17-23H2,(H,33,39)(H,34,42)/t28-/m0/s1. The summed E-state index contributed by atoms with van der Waals surface area (Å²) < 4.78 is 11.2. The first-order valence-corrected chi connectivity index (χ1v) is 16.3. The normalized spacial score (nSPS) is 20.0. The summed E-state index contributed by atoms with van der Waals surface area (Å²) in [7, 11) is 0. The van der Waals surface area contributed by atoms with Gasteiger partial charge in [-0.1, -0.05) is 30.3 Å². The fourth-order valence-corrected chi connectivity index (χ4v) is 7.49. The number of amides is 2. The van der Waals surface area contributed by atoms with Gasteiger partial charge in [-0.15, -0.1) is 0 Å². The number of nitrogens with one attached hydrogen (secondary N) is 2. The molecule has 2 amide bonds. The average molecular weight is 620 g/mol. The minimum atomic E-state index is -1.02. The van der Waals surface area contributed by atoms with Gasteiger partial charge in [-0.25, -0.2) is 0 Å². The number of benzene rings is 2. The highest BCUT2D eigenvalue weighted by molar-refractivity contribution is 7.99. The highest BCUT2D eigenvalue weighted by Gasteiger charge is 2.48. The number of carbonyl (C=O) groups is 2. The highest BCUT2D eigenvalue weighted by Crippen LogP contribution is 2.36. The van der Waals surface area contributed by atoms with E-state index in [0.29, 0.717) is 49.2 Å². The van der Waals surface area contributed by atoms with E-state index in [9.17, 15) is 9.59 Å². The zero-order chi connectivity index (χ0) is 29.6. The molecule has 11 heteroatoms. The molecule has 4 heterocycles. The molecule has 1 atom stereocenters. The van der Waals surface area contributed by atoms with Crippen LogP contribution in [0.15, 0.2) is 77.4 Å². The molecule has 3 saturated heterocycles. The van der Waals surface area contributed by atoms with Crippen molar-refractivity contribution in [3.63, 3.8) is 0 Å². The quantitative estimate of drug-likeness (QED) is 0.341. The maximum atomic E-state index is 14.3. The largest absolute Gasteiger partial charge is 0.467 e. The number of hydrogen-bond acceptors (Lipinski definition) is 7. The van der Waals surface area contributed by atoms with Crippen LogP contribution in [0.4, 0.5) is 11.4 Å². The lowest BCUT2D eigenvalue weighted by atomic mass is 9.88. The molecule has 0 aliphatic carbocycles. The van der Waals surface area contributed by atoms with Crippen molar-refractivity contribution in [3.05, 3.63) is 84.3 Å². The SMILES string of the molecule is O=C(CN1C[C@@H](c2ccccc2)NC1=S)N(Cc1ccco1)C1(C(=O)Nc2ccc(N3CCOCC3)cc2)CCSCC1. The Morgan fingerprint density at radius 1 is 1.02 bits per heavy atom. The topological polar surface area (TPSA) is 90.3 Å². The molecule has 3 fully saturated rings. The Morgan fingerprint density at radius 3 is 2.47 bits per heavy atom. The van der Waals surface area contributed by atoms with Crippen LogP contribution in [-0.2, 0) is 20.9 Å². The third-order valence-electron chi connectivity index (χ3n) is 8.47. The molecule has 0 bridgehead atoms. The molecule has 6 rings (SSSR count). The maximum Gasteiger partial charge on any atom is 0.250 e. The molecule has 3 aliphatic rings. The predicted molar refractivity (Wildman–Crippen MR) is 173 cm³/mol. The van der Waals surface area contributed by atoms with Crippen LogP contribution >= 0.6 is 24.0 Å². The van der Waals surface area contributed by atoms with Gasteiger partial charge in [-0.2, -0.15) is 11.8 Å². The summed E-state index contributed by atoms with van der Waals surface area (Å²) in [6, 6.07) is 21.7. The van der Waals surface area contributed by atoms with Gasteiger partial charge in [-0.3, -0.25) is 9.59 Å². The third kappa shape index (κ3) is 6.68. The average Bonchev–Trinajstić information content (AvgIpc) is 3.71. The van der Waals surface area contributed by atoms with Crippen molar-refractivity contribution in [2.75, 3.05) is 61.1 Å². The number of ether oxygens (including phenoxy) is 1. The molecule has 0 radical (unpaired) electrons. The molecular formula is C32H37N5O4S2. The zero-order valence-corrected chi connectivity index (χ0v) is 25.7. The minimum Gasteiger partial charge on any atom is -0.467 e. The second kappa shape index (κ2) is 13.4. The summed E-state index contributed by atoms with van der Waals surface area (Å²) in [5, 5.41) is 7.06. The molecule has 2 N–H and O–H groups in total. The van der Waals surface area contributed by atoms with Crippen LogP contribution in [0.1, 0.15) is 30.2 Å². The van der Waals surface area contributed by atoms with Crippen molar-refractivity contribution in [2.24, 2.45) is 0 Å². The molecule has 0 unspecified atom stereocenters. The molecule has 2 aromatic carbocycles. The van der Waals surface area contributed by atoms with Crippen molar-refractivity contribution < 1.29 is 18.7 Å². The molecule has 0 saturated carbocycles. The Balaban J connectivity index is 1.22. The van der Waals surface area contributed by atoms with Crippen LogP contribution < -0.4 is 15.5 Å². The third-order valence-corrected chi connectivity index (χ3v) is 9.83. The second-order valence-electron chi connectivity index (χ2n) is 11.1. The lowest BCUT2D eigenvalue weighted by molar-refractivity contribution is -0.147. The molecule has 43 heavy (non-hydrogen) atoms. The Hall–Kier alpha value is -3.54. The first-order valence-electron chi connectivity index (χ1n) is 14.8. The van der Waals surface area contributed by atoms with Crippen LogP contribution in [0, 0.1) is 0 Å². The van der Waals surface area contributed by atoms with Gasteiger partial charge in [0.1, 0.15) is 11.3 Å². The van der Waals surface area contributed by atoms with E-state index in [1.807, 2.05) is 65.2 Å². The van der Waals surface area contributed by atoms with Crippen molar-refractivity contribution in [1.82, 2.24) is 15.1 Å². The van der Waals surface area contributed by atoms with Gasteiger partial charge in [0.2, 0.25) is 11.8 Å². The summed E-state index contributed by atoms with van der Waals surface area (Å²) in [5.74, 6) is 1.88. The van der Waals surface area contributed by atoms with Crippen molar-refractivity contribution in [2.45, 2.75) is 31.0 Å². The summed E-state index contributed by atoms with van der Waals surface area (Å²) >= 11 is 7.46. The van der Waals surface area contributed by atoms with Gasteiger partial charge >= 0.3 is 0 Å². The summed E-state index contributed by atoms with van der Waals surface area (Å²) in [4.78, 5) is 34.4. The smallest absolute Gasteiger partial charge is 0.250 e. The molecule has 0 spiro atoms. The van der Waals surface area contributed by atoms with E-state index in [-0.39, 0.29) is 30.9 Å². The van der Waals surface area contributed by atoms with E-state index in [1.165, 1.54) is 0 Å². The maximum absolute atomic E-state index is 14.3. The number of rotatable bonds is 9. The van der Waals surface area contributed by atoms with Gasteiger partial charge in [-0.05, 0) is 78.5 Å². The molecular weight excluding hydrogens is 583 g/mol. The number of anilines is 2. The molecule has 3 aromatic rings. The molecule has 1 aromatic heterocycles. The molecule has 226 valence electrons. The monoisotopic (exact) mass is 619 g/mol. The summed E-state index contributed by atoms with van der Waals surface area (Å²) in [5.41, 5.74) is 1.90.